The monoisotopic (exact) mass is 834 g/mol. The third-order valence-electron chi connectivity index (χ3n) is 8.92. The number of imidazole rings is 1. The molecule has 0 bridgehead atoms. The molecule has 3 aromatic carbocycles. The van der Waals surface area contributed by atoms with Crippen molar-refractivity contribution in [2.45, 2.75) is 53.9 Å². The predicted octanol–water partition coefficient (Wildman–Crippen LogP) is 10.5. The molecule has 0 amide bonds. The van der Waals surface area contributed by atoms with Crippen LogP contribution in [0.1, 0.15) is 48.8 Å². The zero-order valence-corrected chi connectivity index (χ0v) is 32.0. The minimum absolute atomic E-state index is 0. The van der Waals surface area contributed by atoms with Crippen LogP contribution in [-0.4, -0.2) is 24.5 Å². The van der Waals surface area contributed by atoms with Crippen LogP contribution in [0.3, 0.4) is 0 Å². The molecule has 5 heterocycles. The Morgan fingerprint density at radius 3 is 2.30 bits per heavy atom. The molecule has 50 heavy (non-hydrogen) atoms. The second kappa shape index (κ2) is 13.7. The van der Waals surface area contributed by atoms with Gasteiger partial charge in [-0.15, -0.1) is 53.6 Å². The van der Waals surface area contributed by atoms with Crippen LogP contribution < -0.4 is 0 Å². The van der Waals surface area contributed by atoms with Crippen LogP contribution in [0.15, 0.2) is 95.8 Å². The number of aromatic nitrogens is 5. The summed E-state index contributed by atoms with van der Waals surface area (Å²) in [6, 6.07) is 31.6. The standard InChI is InChI=1S/C32H28N3O.C11H11N2.Ir/c1-18-14-27-21(11-13-29(35-27)32(4,5)6)15-25(18)26-16-28(33-17-19(26)2)24-9-7-8-22-23-12-10-20(3)34-31(23)36-30(22)24;1-9-3-5-10(6-4-9)11-12-7-8-13(11)2;/h7-8,10-17H,1-6H3;3-5,7-8H,1-2H3;/q2*-1;. The third-order valence-corrected chi connectivity index (χ3v) is 8.92. The largest absolute Gasteiger partial charge is 0.486 e. The molecule has 0 saturated carbocycles. The Morgan fingerprint density at radius 2 is 1.58 bits per heavy atom. The van der Waals surface area contributed by atoms with E-state index in [0.29, 0.717) is 5.71 Å². The fraction of sp³-hybridized carbons (Fsp3) is 0.209. The first-order chi connectivity index (χ1) is 23.5. The van der Waals surface area contributed by atoms with Gasteiger partial charge in [0.05, 0.1) is 16.9 Å². The summed E-state index contributed by atoms with van der Waals surface area (Å²) in [5.41, 5.74) is 13.1. The molecule has 8 aromatic rings. The van der Waals surface area contributed by atoms with Crippen LogP contribution in [-0.2, 0) is 32.6 Å². The summed E-state index contributed by atoms with van der Waals surface area (Å²) in [5, 5.41) is 3.16. The number of nitrogens with zero attached hydrogens (tertiary/aromatic N) is 5. The van der Waals surface area contributed by atoms with Crippen LogP contribution >= 0.6 is 0 Å². The summed E-state index contributed by atoms with van der Waals surface area (Å²) in [7, 11) is 1.98. The zero-order chi connectivity index (χ0) is 34.4. The quantitative estimate of drug-likeness (QED) is 0.166. The van der Waals surface area contributed by atoms with E-state index in [2.05, 4.69) is 106 Å². The number of aryl methyl sites for hydroxylation is 5. The first kappa shape index (κ1) is 34.9. The molecule has 0 fully saturated rings. The van der Waals surface area contributed by atoms with Gasteiger partial charge in [-0.25, -0.2) is 4.98 Å². The molecular weight excluding hydrogens is 795 g/mol. The van der Waals surface area contributed by atoms with E-state index in [1.807, 2.05) is 61.3 Å². The molecule has 5 aromatic heterocycles. The van der Waals surface area contributed by atoms with Gasteiger partial charge >= 0.3 is 0 Å². The van der Waals surface area contributed by atoms with Crippen LogP contribution in [0.2, 0.25) is 0 Å². The van der Waals surface area contributed by atoms with Crippen molar-refractivity contribution in [3.8, 4) is 33.8 Å². The topological polar surface area (TPSA) is 69.6 Å². The third kappa shape index (κ3) is 6.76. The Hall–Kier alpha value is -4.97. The Morgan fingerprint density at radius 1 is 0.780 bits per heavy atom. The van der Waals surface area contributed by atoms with E-state index in [-0.39, 0.29) is 25.5 Å². The molecule has 1 radical (unpaired) electrons. The van der Waals surface area contributed by atoms with Gasteiger partial charge in [0.2, 0.25) is 5.71 Å². The van der Waals surface area contributed by atoms with Gasteiger partial charge < -0.3 is 14.0 Å². The minimum Gasteiger partial charge on any atom is -0.486 e. The van der Waals surface area contributed by atoms with Crippen molar-refractivity contribution >= 4 is 33.0 Å². The van der Waals surface area contributed by atoms with Crippen molar-refractivity contribution in [2.75, 3.05) is 0 Å². The van der Waals surface area contributed by atoms with Crippen LogP contribution in [0.4, 0.5) is 0 Å². The Bertz CT molecular complexity index is 2490. The van der Waals surface area contributed by atoms with Crippen LogP contribution in [0.25, 0.3) is 66.7 Å². The average Bonchev–Trinajstić information content (AvgIpc) is 3.67. The number of hydrogen-bond donors (Lipinski definition) is 0. The van der Waals surface area contributed by atoms with Crippen molar-refractivity contribution < 1.29 is 24.5 Å². The molecule has 7 heteroatoms. The van der Waals surface area contributed by atoms with Crippen molar-refractivity contribution in [1.29, 1.82) is 0 Å². The van der Waals surface area contributed by atoms with Crippen LogP contribution in [0.5, 0.6) is 0 Å². The summed E-state index contributed by atoms with van der Waals surface area (Å²) in [5.74, 6) is 0.958. The average molecular weight is 834 g/mol. The molecule has 0 atom stereocenters. The molecular formula is C43H39IrN5O-2. The van der Waals surface area contributed by atoms with Crippen molar-refractivity contribution in [3.05, 3.63) is 132 Å². The normalized spacial score (nSPS) is 11.4. The summed E-state index contributed by atoms with van der Waals surface area (Å²) in [4.78, 5) is 18.6. The van der Waals surface area contributed by atoms with E-state index in [0.717, 1.165) is 72.4 Å². The maximum absolute atomic E-state index is 6.22. The smallest absolute Gasteiger partial charge is 0.216 e. The van der Waals surface area contributed by atoms with E-state index < -0.39 is 0 Å². The Kier molecular flexibility index (Phi) is 9.58. The number of hydrogen-bond acceptors (Lipinski definition) is 5. The number of furan rings is 1. The number of rotatable bonds is 3. The van der Waals surface area contributed by atoms with Crippen molar-refractivity contribution in [2.24, 2.45) is 7.05 Å². The maximum Gasteiger partial charge on any atom is 0.216 e. The van der Waals surface area contributed by atoms with E-state index >= 15 is 0 Å². The van der Waals surface area contributed by atoms with Gasteiger partial charge in [0.25, 0.3) is 0 Å². The van der Waals surface area contributed by atoms with Gasteiger partial charge in [-0.1, -0.05) is 50.8 Å². The van der Waals surface area contributed by atoms with E-state index in [1.54, 1.807) is 6.20 Å². The summed E-state index contributed by atoms with van der Waals surface area (Å²) < 4.78 is 8.21. The molecule has 0 aliphatic rings. The molecule has 0 aliphatic heterocycles. The molecule has 6 nitrogen and oxygen atoms in total. The minimum atomic E-state index is 0. The molecule has 0 saturated heterocycles. The van der Waals surface area contributed by atoms with Gasteiger partial charge in [-0.2, -0.15) is 0 Å². The Balaban J connectivity index is 0.000000260. The predicted molar refractivity (Wildman–Crippen MR) is 199 cm³/mol. The molecule has 0 spiro atoms. The summed E-state index contributed by atoms with van der Waals surface area (Å²) >= 11 is 0. The van der Waals surface area contributed by atoms with E-state index in [4.69, 9.17) is 14.4 Å². The molecule has 0 N–H and O–H groups in total. The van der Waals surface area contributed by atoms with Crippen molar-refractivity contribution in [3.63, 3.8) is 0 Å². The fourth-order valence-electron chi connectivity index (χ4n) is 6.11. The second-order valence-corrected chi connectivity index (χ2v) is 13.8. The second-order valence-electron chi connectivity index (χ2n) is 13.8. The molecule has 0 unspecified atom stereocenters. The number of fused-ring (bicyclic) bond motifs is 4. The van der Waals surface area contributed by atoms with Gasteiger partial charge in [-0.3, -0.25) is 9.97 Å². The van der Waals surface area contributed by atoms with Gasteiger partial charge in [-0.05, 0) is 79.1 Å². The maximum atomic E-state index is 6.22. The van der Waals surface area contributed by atoms with Gasteiger partial charge in [0.15, 0.2) is 0 Å². The van der Waals surface area contributed by atoms with E-state index in [1.165, 1.54) is 16.7 Å². The number of benzene rings is 3. The first-order valence-electron chi connectivity index (χ1n) is 16.5. The molecule has 0 aliphatic carbocycles. The number of pyridine rings is 3. The van der Waals surface area contributed by atoms with Gasteiger partial charge in [0, 0.05) is 73.3 Å². The van der Waals surface area contributed by atoms with Gasteiger partial charge in [0.1, 0.15) is 0 Å². The molecule has 253 valence electrons. The summed E-state index contributed by atoms with van der Waals surface area (Å²) in [6.45, 7) is 14.9. The Labute approximate surface area is 307 Å². The first-order valence-corrected chi connectivity index (χ1v) is 16.5. The fourth-order valence-corrected chi connectivity index (χ4v) is 6.11. The SMILES string of the molecule is Cc1c[c-]c(-c2nccn2C)cc1.Cc1ccc2c(n1)oc1c(-c3cc(-c4cc5ccc(C(C)(C)C)nc5cc4C)c(C)cn3)[c-]ccc12.[Ir]. The van der Waals surface area contributed by atoms with Crippen molar-refractivity contribution in [1.82, 2.24) is 24.5 Å². The summed E-state index contributed by atoms with van der Waals surface area (Å²) in [6.07, 6.45) is 5.67. The molecule has 8 rings (SSSR count). The van der Waals surface area contributed by atoms with E-state index in [9.17, 15) is 0 Å². The zero-order valence-electron chi connectivity index (χ0n) is 29.6. The van der Waals surface area contributed by atoms with Crippen LogP contribution in [0, 0.1) is 39.8 Å².